The number of hydrogen-bond acceptors (Lipinski definition) is 3. The second kappa shape index (κ2) is 7.75. The molecule has 3 nitrogen and oxygen atoms in total. The molecule has 0 saturated carbocycles. The molecule has 0 aliphatic carbocycles. The molecule has 1 N–H and O–H groups in total. The highest BCUT2D eigenvalue weighted by atomic mass is 32.2. The number of rotatable bonds is 5. The van der Waals surface area contributed by atoms with E-state index in [9.17, 15) is 4.79 Å². The molecule has 0 fully saturated rings. The molecule has 1 aliphatic rings. The number of hydrogen-bond donors (Lipinski definition) is 1. The lowest BCUT2D eigenvalue weighted by molar-refractivity contribution is -0.121. The molecular formula is C20H23NO2S. The van der Waals surface area contributed by atoms with E-state index in [2.05, 4.69) is 37.4 Å². The van der Waals surface area contributed by atoms with Crippen LogP contribution in [-0.4, -0.2) is 18.3 Å². The lowest BCUT2D eigenvalue weighted by atomic mass is 10.0. The van der Waals surface area contributed by atoms with Gasteiger partial charge in [0.15, 0.2) is 0 Å². The minimum Gasteiger partial charge on any atom is -0.493 e. The maximum atomic E-state index is 12.3. The third-order valence-corrected chi connectivity index (χ3v) is 5.37. The number of amides is 1. The fourth-order valence-electron chi connectivity index (χ4n) is 2.82. The summed E-state index contributed by atoms with van der Waals surface area (Å²) in [5.41, 5.74) is 3.68. The van der Waals surface area contributed by atoms with Crippen LogP contribution >= 0.6 is 11.8 Å². The summed E-state index contributed by atoms with van der Waals surface area (Å²) in [5.74, 6) is 1.78. The summed E-state index contributed by atoms with van der Waals surface area (Å²) in [5, 5.41) is 3.15. The Morgan fingerprint density at radius 2 is 2.04 bits per heavy atom. The second-order valence-electron chi connectivity index (χ2n) is 6.14. The molecule has 0 spiro atoms. The van der Waals surface area contributed by atoms with Crippen LogP contribution in [0.3, 0.4) is 0 Å². The Morgan fingerprint density at radius 1 is 1.21 bits per heavy atom. The van der Waals surface area contributed by atoms with Gasteiger partial charge in [-0.15, -0.1) is 11.8 Å². The van der Waals surface area contributed by atoms with E-state index in [4.69, 9.17) is 4.74 Å². The first-order chi connectivity index (χ1) is 11.6. The monoisotopic (exact) mass is 341 g/mol. The minimum absolute atomic E-state index is 0.0640. The maximum absolute atomic E-state index is 12.3. The summed E-state index contributed by atoms with van der Waals surface area (Å²) in [6.45, 7) is 4.89. The van der Waals surface area contributed by atoms with Crippen molar-refractivity contribution >= 4 is 17.7 Å². The van der Waals surface area contributed by atoms with Gasteiger partial charge in [-0.2, -0.15) is 0 Å². The largest absolute Gasteiger partial charge is 0.493 e. The van der Waals surface area contributed by atoms with Crippen LogP contribution in [0.1, 0.15) is 35.6 Å². The third-order valence-electron chi connectivity index (χ3n) is 4.37. The van der Waals surface area contributed by atoms with E-state index in [1.807, 2.05) is 24.3 Å². The summed E-state index contributed by atoms with van der Waals surface area (Å²) >= 11 is 1.73. The van der Waals surface area contributed by atoms with E-state index >= 15 is 0 Å². The Balaban J connectivity index is 1.50. The highest BCUT2D eigenvalue weighted by molar-refractivity contribution is 7.99. The van der Waals surface area contributed by atoms with E-state index in [0.717, 1.165) is 23.5 Å². The van der Waals surface area contributed by atoms with Gasteiger partial charge in [0, 0.05) is 29.1 Å². The summed E-state index contributed by atoms with van der Waals surface area (Å²) < 4.78 is 5.64. The predicted molar refractivity (Wildman–Crippen MR) is 98.7 cm³/mol. The molecule has 1 aliphatic heterocycles. The van der Waals surface area contributed by atoms with Gasteiger partial charge in [-0.3, -0.25) is 4.79 Å². The predicted octanol–water partition coefficient (Wildman–Crippen LogP) is 4.43. The van der Waals surface area contributed by atoms with Crippen LogP contribution in [-0.2, 0) is 4.79 Å². The maximum Gasteiger partial charge on any atom is 0.221 e. The van der Waals surface area contributed by atoms with Crippen LogP contribution in [0, 0.1) is 13.8 Å². The number of carbonyl (C=O) groups excluding carboxylic acids is 1. The molecular weight excluding hydrogens is 318 g/mol. The Hall–Kier alpha value is -1.94. The Morgan fingerprint density at radius 3 is 2.88 bits per heavy atom. The average Bonchev–Trinajstić information content (AvgIpc) is 2.58. The van der Waals surface area contributed by atoms with Crippen molar-refractivity contribution in [3.63, 3.8) is 0 Å². The third kappa shape index (κ3) is 4.12. The topological polar surface area (TPSA) is 38.3 Å². The molecule has 0 radical (unpaired) electrons. The number of nitrogens with one attached hydrogen (secondary N) is 1. The van der Waals surface area contributed by atoms with Crippen molar-refractivity contribution in [2.24, 2.45) is 0 Å². The molecule has 0 unspecified atom stereocenters. The second-order valence-corrected chi connectivity index (χ2v) is 7.31. The highest BCUT2D eigenvalue weighted by Gasteiger charge is 2.22. The van der Waals surface area contributed by atoms with Crippen molar-refractivity contribution in [1.29, 1.82) is 0 Å². The summed E-state index contributed by atoms with van der Waals surface area (Å²) in [6, 6.07) is 14.5. The number of fused-ring (bicyclic) bond motifs is 1. The van der Waals surface area contributed by atoms with Gasteiger partial charge in [-0.1, -0.05) is 24.3 Å². The van der Waals surface area contributed by atoms with Crippen LogP contribution in [0.4, 0.5) is 0 Å². The molecule has 0 saturated heterocycles. The Bertz CT molecular complexity index is 729. The minimum atomic E-state index is 0.0640. The molecule has 4 heteroatoms. The molecule has 1 amide bonds. The zero-order valence-electron chi connectivity index (χ0n) is 14.2. The number of benzene rings is 2. The summed E-state index contributed by atoms with van der Waals surface area (Å²) in [6.07, 6.45) is 1.35. The average molecular weight is 341 g/mol. The molecule has 1 atom stereocenters. The van der Waals surface area contributed by atoms with E-state index in [-0.39, 0.29) is 11.9 Å². The summed E-state index contributed by atoms with van der Waals surface area (Å²) in [4.78, 5) is 13.5. The number of para-hydroxylation sites is 1. The van der Waals surface area contributed by atoms with Crippen molar-refractivity contribution in [2.75, 3.05) is 12.4 Å². The molecule has 1 heterocycles. The van der Waals surface area contributed by atoms with E-state index in [1.165, 1.54) is 16.0 Å². The fraction of sp³-hybridized carbons (Fsp3) is 0.350. The first-order valence-electron chi connectivity index (χ1n) is 8.34. The molecule has 24 heavy (non-hydrogen) atoms. The van der Waals surface area contributed by atoms with Gasteiger partial charge < -0.3 is 10.1 Å². The number of aryl methyl sites for hydroxylation is 2. The number of carbonyl (C=O) groups is 1. The highest BCUT2D eigenvalue weighted by Crippen LogP contribution is 2.31. The van der Waals surface area contributed by atoms with Crippen molar-refractivity contribution in [3.05, 3.63) is 59.2 Å². The van der Waals surface area contributed by atoms with Gasteiger partial charge in [0.05, 0.1) is 12.6 Å². The van der Waals surface area contributed by atoms with Gasteiger partial charge in [0.1, 0.15) is 5.75 Å². The molecule has 3 rings (SSSR count). The quantitative estimate of drug-likeness (QED) is 0.818. The van der Waals surface area contributed by atoms with E-state index < -0.39 is 0 Å². The molecule has 0 bridgehead atoms. The fourth-order valence-corrected chi connectivity index (χ4v) is 3.77. The molecule has 2 aromatic carbocycles. The zero-order chi connectivity index (χ0) is 16.9. The number of thioether (sulfide) groups is 1. The van der Waals surface area contributed by atoms with Crippen molar-refractivity contribution in [1.82, 2.24) is 5.32 Å². The van der Waals surface area contributed by atoms with Gasteiger partial charge >= 0.3 is 0 Å². The Kier molecular flexibility index (Phi) is 5.46. The van der Waals surface area contributed by atoms with Gasteiger partial charge in [0.25, 0.3) is 0 Å². The smallest absolute Gasteiger partial charge is 0.221 e. The molecule has 2 aromatic rings. The van der Waals surface area contributed by atoms with Crippen molar-refractivity contribution in [3.8, 4) is 5.75 Å². The first kappa shape index (κ1) is 16.9. The van der Waals surface area contributed by atoms with E-state index in [0.29, 0.717) is 13.0 Å². The molecule has 126 valence electrons. The van der Waals surface area contributed by atoms with Crippen LogP contribution in [0.15, 0.2) is 47.4 Å². The normalized spacial score (nSPS) is 16.2. The van der Waals surface area contributed by atoms with Crippen LogP contribution in [0.25, 0.3) is 0 Å². The van der Waals surface area contributed by atoms with Crippen molar-refractivity contribution < 1.29 is 9.53 Å². The van der Waals surface area contributed by atoms with Gasteiger partial charge in [0.2, 0.25) is 5.91 Å². The van der Waals surface area contributed by atoms with Crippen LogP contribution in [0.2, 0.25) is 0 Å². The lowest BCUT2D eigenvalue weighted by Gasteiger charge is -2.26. The first-order valence-corrected chi connectivity index (χ1v) is 9.33. The number of ether oxygens (including phenoxy) is 1. The van der Waals surface area contributed by atoms with Crippen LogP contribution < -0.4 is 10.1 Å². The van der Waals surface area contributed by atoms with Gasteiger partial charge in [-0.25, -0.2) is 0 Å². The summed E-state index contributed by atoms with van der Waals surface area (Å²) in [7, 11) is 0. The lowest BCUT2D eigenvalue weighted by Crippen LogP contribution is -2.32. The zero-order valence-corrected chi connectivity index (χ0v) is 15.0. The Labute approximate surface area is 147 Å². The van der Waals surface area contributed by atoms with Crippen LogP contribution in [0.5, 0.6) is 5.75 Å². The molecule has 0 aromatic heterocycles. The standard InChI is InChI=1S/C20H23NO2S/c1-14-7-8-16(13-15(14)2)24-12-10-20(22)21-18-9-11-23-19-6-4-3-5-17(18)19/h3-8,13,18H,9-12H2,1-2H3,(H,21,22)/t18-/m0/s1. The van der Waals surface area contributed by atoms with E-state index in [1.54, 1.807) is 11.8 Å². The van der Waals surface area contributed by atoms with Crippen molar-refractivity contribution in [2.45, 2.75) is 37.6 Å². The SMILES string of the molecule is Cc1ccc(SCCC(=O)N[C@H]2CCOc3ccccc32)cc1C. The van der Waals surface area contributed by atoms with Gasteiger partial charge in [-0.05, 0) is 43.2 Å².